The highest BCUT2D eigenvalue weighted by Crippen LogP contribution is 2.24. The zero-order chi connectivity index (χ0) is 14.5. The van der Waals surface area contributed by atoms with Gasteiger partial charge in [-0.05, 0) is 38.8 Å². The molecule has 0 bridgehead atoms. The molecule has 110 valence electrons. The number of nitrogens with zero attached hydrogens (tertiary/aromatic N) is 3. The van der Waals surface area contributed by atoms with Gasteiger partial charge in [0, 0.05) is 25.2 Å². The van der Waals surface area contributed by atoms with Gasteiger partial charge in [0.05, 0.1) is 4.92 Å². The standard InChI is InChI=1S/C14H22N4O2/c1-3-9-17(12-5-4-8-15-10-12)14-7-6-13(18(19)20)11(2)16-14/h6-7,12,15H,3-5,8-10H2,1-2H3. The topological polar surface area (TPSA) is 71.3 Å². The largest absolute Gasteiger partial charge is 0.352 e. The quantitative estimate of drug-likeness (QED) is 0.661. The summed E-state index contributed by atoms with van der Waals surface area (Å²) in [7, 11) is 0. The normalized spacial score (nSPS) is 18.8. The molecule has 2 rings (SSSR count). The van der Waals surface area contributed by atoms with Gasteiger partial charge in [0.15, 0.2) is 0 Å². The molecule has 0 aliphatic carbocycles. The summed E-state index contributed by atoms with van der Waals surface area (Å²) >= 11 is 0. The number of aromatic nitrogens is 1. The van der Waals surface area contributed by atoms with Crippen molar-refractivity contribution in [2.75, 3.05) is 24.5 Å². The lowest BCUT2D eigenvalue weighted by Gasteiger charge is -2.35. The zero-order valence-corrected chi connectivity index (χ0v) is 12.1. The number of hydrogen-bond acceptors (Lipinski definition) is 5. The van der Waals surface area contributed by atoms with Crippen molar-refractivity contribution in [3.8, 4) is 0 Å². The molecule has 6 heteroatoms. The summed E-state index contributed by atoms with van der Waals surface area (Å²) in [5, 5.41) is 14.3. The third-order valence-electron chi connectivity index (χ3n) is 3.71. The molecule has 1 unspecified atom stereocenters. The highest BCUT2D eigenvalue weighted by Gasteiger charge is 2.23. The van der Waals surface area contributed by atoms with E-state index in [0.29, 0.717) is 11.7 Å². The van der Waals surface area contributed by atoms with E-state index in [1.165, 1.54) is 0 Å². The van der Waals surface area contributed by atoms with Gasteiger partial charge < -0.3 is 10.2 Å². The minimum absolute atomic E-state index is 0.0898. The first-order chi connectivity index (χ1) is 9.63. The van der Waals surface area contributed by atoms with Crippen LogP contribution >= 0.6 is 0 Å². The smallest absolute Gasteiger partial charge is 0.290 e. The van der Waals surface area contributed by atoms with Crippen LogP contribution in [-0.2, 0) is 0 Å². The van der Waals surface area contributed by atoms with Crippen molar-refractivity contribution < 1.29 is 4.92 Å². The Bertz CT molecular complexity index is 472. The Balaban J connectivity index is 2.24. The minimum atomic E-state index is -0.377. The molecule has 1 fully saturated rings. The number of aryl methyl sites for hydroxylation is 1. The summed E-state index contributed by atoms with van der Waals surface area (Å²) in [4.78, 5) is 17.2. The summed E-state index contributed by atoms with van der Waals surface area (Å²) in [6.45, 7) is 6.80. The van der Waals surface area contributed by atoms with Gasteiger partial charge in [-0.3, -0.25) is 10.1 Å². The van der Waals surface area contributed by atoms with Crippen LogP contribution < -0.4 is 10.2 Å². The Morgan fingerprint density at radius 1 is 1.55 bits per heavy atom. The molecule has 0 saturated carbocycles. The predicted molar refractivity (Wildman–Crippen MR) is 79.2 cm³/mol. The van der Waals surface area contributed by atoms with Crippen LogP contribution in [0.25, 0.3) is 0 Å². The molecule has 1 aliphatic heterocycles. The van der Waals surface area contributed by atoms with Gasteiger partial charge in [-0.1, -0.05) is 6.92 Å². The van der Waals surface area contributed by atoms with Crippen LogP contribution in [0.1, 0.15) is 31.9 Å². The van der Waals surface area contributed by atoms with E-state index in [-0.39, 0.29) is 10.6 Å². The van der Waals surface area contributed by atoms with E-state index >= 15 is 0 Å². The fourth-order valence-electron chi connectivity index (χ4n) is 2.72. The van der Waals surface area contributed by atoms with Gasteiger partial charge in [0.1, 0.15) is 11.5 Å². The summed E-state index contributed by atoms with van der Waals surface area (Å²) in [5.74, 6) is 0.851. The fourth-order valence-corrected chi connectivity index (χ4v) is 2.72. The predicted octanol–water partition coefficient (Wildman–Crippen LogP) is 2.27. The van der Waals surface area contributed by atoms with Crippen molar-refractivity contribution in [3.05, 3.63) is 27.9 Å². The number of piperidine rings is 1. The first kappa shape index (κ1) is 14.7. The van der Waals surface area contributed by atoms with E-state index < -0.39 is 0 Å². The highest BCUT2D eigenvalue weighted by molar-refractivity contribution is 5.47. The maximum atomic E-state index is 10.9. The Hall–Kier alpha value is -1.69. The number of nitro groups is 1. The molecule has 1 saturated heterocycles. The van der Waals surface area contributed by atoms with E-state index in [1.807, 2.05) is 0 Å². The zero-order valence-electron chi connectivity index (χ0n) is 12.1. The molecule has 20 heavy (non-hydrogen) atoms. The van der Waals surface area contributed by atoms with E-state index in [2.05, 4.69) is 22.1 Å². The second-order valence-electron chi connectivity index (χ2n) is 5.22. The van der Waals surface area contributed by atoms with E-state index in [4.69, 9.17) is 0 Å². The van der Waals surface area contributed by atoms with Crippen molar-refractivity contribution in [1.82, 2.24) is 10.3 Å². The SMILES string of the molecule is CCCN(c1ccc([N+](=O)[O-])c(C)n1)C1CCCNC1. The van der Waals surface area contributed by atoms with Gasteiger partial charge >= 0.3 is 0 Å². The van der Waals surface area contributed by atoms with Gasteiger partial charge in [-0.25, -0.2) is 4.98 Å². The maximum absolute atomic E-state index is 10.9. The molecule has 2 heterocycles. The molecular weight excluding hydrogens is 256 g/mol. The van der Waals surface area contributed by atoms with Crippen molar-refractivity contribution >= 4 is 11.5 Å². The van der Waals surface area contributed by atoms with E-state index in [1.54, 1.807) is 19.1 Å². The van der Waals surface area contributed by atoms with Crippen molar-refractivity contribution in [3.63, 3.8) is 0 Å². The molecule has 1 aromatic rings. The van der Waals surface area contributed by atoms with Gasteiger partial charge in [0.25, 0.3) is 5.69 Å². The van der Waals surface area contributed by atoms with Crippen molar-refractivity contribution in [1.29, 1.82) is 0 Å². The fraction of sp³-hybridized carbons (Fsp3) is 0.643. The van der Waals surface area contributed by atoms with Crippen LogP contribution in [0.2, 0.25) is 0 Å². The van der Waals surface area contributed by atoms with Crippen molar-refractivity contribution in [2.24, 2.45) is 0 Å². The summed E-state index contributed by atoms with van der Waals surface area (Å²) < 4.78 is 0. The molecule has 0 radical (unpaired) electrons. The third-order valence-corrected chi connectivity index (χ3v) is 3.71. The monoisotopic (exact) mass is 278 g/mol. The molecule has 1 aromatic heterocycles. The summed E-state index contributed by atoms with van der Waals surface area (Å²) in [6.07, 6.45) is 3.34. The number of hydrogen-bond donors (Lipinski definition) is 1. The molecule has 0 amide bonds. The van der Waals surface area contributed by atoms with Crippen molar-refractivity contribution in [2.45, 2.75) is 39.2 Å². The van der Waals surface area contributed by atoms with Crippen LogP contribution in [0, 0.1) is 17.0 Å². The maximum Gasteiger partial charge on any atom is 0.290 e. The molecule has 1 aliphatic rings. The minimum Gasteiger partial charge on any atom is -0.352 e. The van der Waals surface area contributed by atoms with E-state index in [9.17, 15) is 10.1 Å². The number of nitrogens with one attached hydrogen (secondary N) is 1. The van der Waals surface area contributed by atoms with Gasteiger partial charge in [0.2, 0.25) is 0 Å². The Morgan fingerprint density at radius 2 is 2.35 bits per heavy atom. The molecule has 0 aromatic carbocycles. The molecule has 1 N–H and O–H groups in total. The number of rotatable bonds is 5. The second-order valence-corrected chi connectivity index (χ2v) is 5.22. The lowest BCUT2D eigenvalue weighted by atomic mass is 10.1. The first-order valence-electron chi connectivity index (χ1n) is 7.23. The number of pyridine rings is 1. The molecule has 1 atom stereocenters. The molecule has 0 spiro atoms. The molecular formula is C14H22N4O2. The lowest BCUT2D eigenvalue weighted by molar-refractivity contribution is -0.385. The lowest BCUT2D eigenvalue weighted by Crippen LogP contribution is -2.46. The summed E-state index contributed by atoms with van der Waals surface area (Å²) in [5.41, 5.74) is 0.573. The average Bonchev–Trinajstić information content (AvgIpc) is 2.45. The highest BCUT2D eigenvalue weighted by atomic mass is 16.6. The van der Waals surface area contributed by atoms with Crippen LogP contribution in [0.4, 0.5) is 11.5 Å². The molecule has 6 nitrogen and oxygen atoms in total. The summed E-state index contributed by atoms with van der Waals surface area (Å²) in [6, 6.07) is 3.77. The first-order valence-corrected chi connectivity index (χ1v) is 7.23. The van der Waals surface area contributed by atoms with Crippen LogP contribution in [0.3, 0.4) is 0 Å². The Morgan fingerprint density at radius 3 is 2.90 bits per heavy atom. The van der Waals surface area contributed by atoms with Crippen LogP contribution in [0.5, 0.6) is 0 Å². The Kier molecular flexibility index (Phi) is 4.89. The van der Waals surface area contributed by atoms with Gasteiger partial charge in [-0.15, -0.1) is 0 Å². The van der Waals surface area contributed by atoms with Crippen LogP contribution in [-0.4, -0.2) is 35.6 Å². The number of anilines is 1. The third kappa shape index (κ3) is 3.25. The van der Waals surface area contributed by atoms with Gasteiger partial charge in [-0.2, -0.15) is 0 Å². The van der Waals surface area contributed by atoms with Crippen LogP contribution in [0.15, 0.2) is 12.1 Å². The van der Waals surface area contributed by atoms with E-state index in [0.717, 1.165) is 44.7 Å². The average molecular weight is 278 g/mol. The second kappa shape index (κ2) is 6.65. The Labute approximate surface area is 119 Å².